The van der Waals surface area contributed by atoms with E-state index in [4.69, 9.17) is 5.73 Å². The fourth-order valence-corrected chi connectivity index (χ4v) is 1.68. The van der Waals surface area contributed by atoms with Crippen molar-refractivity contribution in [1.29, 1.82) is 0 Å². The molecule has 0 saturated carbocycles. The molecular weight excluding hydrogens is 220 g/mol. The number of fused-ring (bicyclic) bond motifs is 1. The third-order valence-electron chi connectivity index (χ3n) is 2.54. The normalized spacial score (nSPS) is 10.5. The van der Waals surface area contributed by atoms with Crippen LogP contribution in [0.2, 0.25) is 0 Å². The first-order valence-electron chi connectivity index (χ1n) is 5.16. The fourth-order valence-electron chi connectivity index (χ4n) is 1.68. The lowest BCUT2D eigenvalue weighted by molar-refractivity contribution is -0.136. The van der Waals surface area contributed by atoms with E-state index in [1.54, 1.807) is 6.92 Å². The van der Waals surface area contributed by atoms with Crippen molar-refractivity contribution in [3.63, 3.8) is 0 Å². The van der Waals surface area contributed by atoms with Gasteiger partial charge >= 0.3 is 11.9 Å². The van der Waals surface area contributed by atoms with Gasteiger partial charge in [-0.05, 0) is 18.6 Å². The highest BCUT2D eigenvalue weighted by atomic mass is 16.6. The molecule has 0 saturated heterocycles. The molecule has 1 heterocycles. The number of benzene rings is 1. The molecule has 1 aromatic carbocycles. The van der Waals surface area contributed by atoms with Crippen molar-refractivity contribution >= 4 is 22.8 Å². The predicted molar refractivity (Wildman–Crippen MR) is 62.5 cm³/mol. The quantitative estimate of drug-likeness (QED) is 0.600. The Kier molecular flexibility index (Phi) is 2.93. The van der Waals surface area contributed by atoms with E-state index in [9.17, 15) is 9.59 Å². The number of ether oxygens (including phenoxy) is 1. The number of nitrogens with one attached hydrogen (secondary N) is 1. The molecular formula is C12H12N2O3. The Balaban J connectivity index is 2.39. The van der Waals surface area contributed by atoms with Crippen molar-refractivity contribution in [3.05, 3.63) is 35.5 Å². The molecule has 2 aromatic rings. The van der Waals surface area contributed by atoms with Gasteiger partial charge in [0.15, 0.2) is 0 Å². The zero-order chi connectivity index (χ0) is 12.4. The predicted octanol–water partition coefficient (Wildman–Crippen LogP) is 1.12. The van der Waals surface area contributed by atoms with Gasteiger partial charge in [-0.1, -0.05) is 18.2 Å². The number of aromatic amines is 1. The molecule has 3 N–H and O–H groups in total. The summed E-state index contributed by atoms with van der Waals surface area (Å²) in [7, 11) is 0. The van der Waals surface area contributed by atoms with Crippen molar-refractivity contribution < 1.29 is 14.3 Å². The Labute approximate surface area is 97.6 Å². The van der Waals surface area contributed by atoms with Gasteiger partial charge in [0, 0.05) is 10.9 Å². The molecule has 88 valence electrons. The van der Waals surface area contributed by atoms with Crippen LogP contribution >= 0.6 is 0 Å². The van der Waals surface area contributed by atoms with Crippen molar-refractivity contribution in [2.45, 2.75) is 6.92 Å². The average Bonchev–Trinajstić information content (AvgIpc) is 2.67. The van der Waals surface area contributed by atoms with E-state index in [2.05, 4.69) is 9.72 Å². The number of aromatic nitrogens is 1. The van der Waals surface area contributed by atoms with Crippen molar-refractivity contribution in [2.24, 2.45) is 5.73 Å². The lowest BCUT2D eigenvalue weighted by Gasteiger charge is -1.99. The number of nitrogens with two attached hydrogens (primary N) is 1. The Morgan fingerprint density at radius 3 is 2.71 bits per heavy atom. The number of H-pyrrole nitrogens is 1. The van der Waals surface area contributed by atoms with Gasteiger partial charge in [0.05, 0.1) is 6.54 Å². The molecule has 5 nitrogen and oxygen atoms in total. The minimum atomic E-state index is -0.743. The topological polar surface area (TPSA) is 85.2 Å². The van der Waals surface area contributed by atoms with Crippen LogP contribution in [0.5, 0.6) is 0 Å². The molecule has 0 amide bonds. The van der Waals surface area contributed by atoms with Crippen LogP contribution in [0.15, 0.2) is 24.3 Å². The summed E-state index contributed by atoms with van der Waals surface area (Å²) < 4.78 is 4.56. The largest absolute Gasteiger partial charge is 0.387 e. The molecule has 2 rings (SSSR count). The molecule has 0 aliphatic carbocycles. The molecule has 5 heteroatoms. The van der Waals surface area contributed by atoms with Crippen LogP contribution in [-0.4, -0.2) is 23.5 Å². The van der Waals surface area contributed by atoms with E-state index >= 15 is 0 Å². The summed E-state index contributed by atoms with van der Waals surface area (Å²) in [5, 5.41) is 0.930. The lowest BCUT2D eigenvalue weighted by Crippen LogP contribution is -2.21. The third kappa shape index (κ3) is 2.05. The van der Waals surface area contributed by atoms with Crippen LogP contribution in [0.1, 0.15) is 16.1 Å². The SMILES string of the molecule is Cc1c(C(=O)OC(=O)CN)[nH]c2ccccc12. The van der Waals surface area contributed by atoms with Crippen LogP contribution in [0.3, 0.4) is 0 Å². The van der Waals surface area contributed by atoms with Crippen molar-refractivity contribution in [1.82, 2.24) is 4.98 Å². The first-order chi connectivity index (χ1) is 8.13. The van der Waals surface area contributed by atoms with E-state index in [0.717, 1.165) is 16.5 Å². The van der Waals surface area contributed by atoms with E-state index in [1.165, 1.54) is 0 Å². The van der Waals surface area contributed by atoms with Gasteiger partial charge in [0.25, 0.3) is 0 Å². The number of esters is 2. The van der Waals surface area contributed by atoms with Crippen LogP contribution in [0, 0.1) is 6.92 Å². The Hall–Kier alpha value is -2.14. The van der Waals surface area contributed by atoms with E-state index in [-0.39, 0.29) is 12.2 Å². The molecule has 0 atom stereocenters. The Morgan fingerprint density at radius 1 is 1.35 bits per heavy atom. The molecule has 17 heavy (non-hydrogen) atoms. The van der Waals surface area contributed by atoms with E-state index in [1.807, 2.05) is 24.3 Å². The average molecular weight is 232 g/mol. The minimum absolute atomic E-state index is 0.285. The van der Waals surface area contributed by atoms with Gasteiger partial charge in [0.2, 0.25) is 0 Å². The second kappa shape index (κ2) is 4.39. The summed E-state index contributed by atoms with van der Waals surface area (Å²) in [6.07, 6.45) is 0. The maximum atomic E-state index is 11.7. The fraction of sp³-hybridized carbons (Fsp3) is 0.167. The van der Waals surface area contributed by atoms with Crippen molar-refractivity contribution in [3.8, 4) is 0 Å². The highest BCUT2D eigenvalue weighted by molar-refractivity contribution is 6.02. The number of para-hydroxylation sites is 1. The van der Waals surface area contributed by atoms with Crippen LogP contribution < -0.4 is 5.73 Å². The number of rotatable bonds is 2. The zero-order valence-electron chi connectivity index (χ0n) is 9.32. The van der Waals surface area contributed by atoms with Gasteiger partial charge in [-0.15, -0.1) is 0 Å². The first kappa shape index (κ1) is 11.3. The minimum Gasteiger partial charge on any atom is -0.387 e. The number of aryl methyl sites for hydroxylation is 1. The summed E-state index contributed by atoms with van der Waals surface area (Å²) in [6.45, 7) is 1.48. The lowest BCUT2D eigenvalue weighted by atomic mass is 10.1. The molecule has 1 aromatic heterocycles. The summed E-state index contributed by atoms with van der Waals surface area (Å²) in [5.74, 6) is -1.44. The van der Waals surface area contributed by atoms with E-state index < -0.39 is 11.9 Å². The second-order valence-corrected chi connectivity index (χ2v) is 3.64. The van der Waals surface area contributed by atoms with Gasteiger partial charge < -0.3 is 15.5 Å². The number of hydrogen-bond acceptors (Lipinski definition) is 4. The molecule has 0 fully saturated rings. The van der Waals surface area contributed by atoms with E-state index in [0.29, 0.717) is 0 Å². The summed E-state index contributed by atoms with van der Waals surface area (Å²) in [6, 6.07) is 7.48. The molecule has 0 spiro atoms. The Bertz CT molecular complexity index is 586. The smallest absolute Gasteiger partial charge is 0.362 e. The standard InChI is InChI=1S/C12H12N2O3/c1-7-8-4-2-3-5-9(8)14-11(7)12(16)17-10(15)6-13/h2-5,14H,6,13H2,1H3. The second-order valence-electron chi connectivity index (χ2n) is 3.64. The number of hydrogen-bond donors (Lipinski definition) is 2. The zero-order valence-corrected chi connectivity index (χ0v) is 9.32. The Morgan fingerprint density at radius 2 is 2.06 bits per heavy atom. The number of carbonyl (C=O) groups is 2. The molecule has 0 aliphatic heterocycles. The van der Waals surface area contributed by atoms with Crippen LogP contribution in [-0.2, 0) is 9.53 Å². The highest BCUT2D eigenvalue weighted by Gasteiger charge is 2.18. The van der Waals surface area contributed by atoms with Crippen molar-refractivity contribution in [2.75, 3.05) is 6.54 Å². The first-order valence-corrected chi connectivity index (χ1v) is 5.16. The summed E-state index contributed by atoms with van der Waals surface area (Å²) in [5.41, 5.74) is 6.95. The maximum Gasteiger partial charge on any atom is 0.362 e. The van der Waals surface area contributed by atoms with Crippen LogP contribution in [0.25, 0.3) is 10.9 Å². The molecule has 0 radical (unpaired) electrons. The number of carbonyl (C=O) groups excluding carboxylic acids is 2. The van der Waals surface area contributed by atoms with Gasteiger partial charge in [-0.2, -0.15) is 0 Å². The molecule has 0 unspecified atom stereocenters. The van der Waals surface area contributed by atoms with Crippen LogP contribution in [0.4, 0.5) is 0 Å². The van der Waals surface area contributed by atoms with Gasteiger partial charge in [-0.25, -0.2) is 4.79 Å². The highest BCUT2D eigenvalue weighted by Crippen LogP contribution is 2.21. The van der Waals surface area contributed by atoms with Gasteiger partial charge in [-0.3, -0.25) is 4.79 Å². The monoisotopic (exact) mass is 232 g/mol. The van der Waals surface area contributed by atoms with Gasteiger partial charge in [0.1, 0.15) is 5.69 Å². The summed E-state index contributed by atoms with van der Waals surface area (Å²) >= 11 is 0. The maximum absolute atomic E-state index is 11.7. The third-order valence-corrected chi connectivity index (χ3v) is 2.54. The molecule has 0 bridgehead atoms. The molecule has 0 aliphatic rings. The summed E-state index contributed by atoms with van der Waals surface area (Å²) in [4.78, 5) is 25.5.